The van der Waals surface area contributed by atoms with Gasteiger partial charge in [-0.05, 0) is 30.3 Å². The van der Waals surface area contributed by atoms with Gasteiger partial charge in [0.05, 0.1) is 6.33 Å². The third kappa shape index (κ3) is 4.85. The predicted octanol–water partition coefficient (Wildman–Crippen LogP) is 2.88. The van der Waals surface area contributed by atoms with Gasteiger partial charge in [-0.1, -0.05) is 17.4 Å². The van der Waals surface area contributed by atoms with Gasteiger partial charge in [-0.2, -0.15) is 0 Å². The minimum atomic E-state index is -0.104. The SMILES string of the molecule is O=C(CCn1ccnc1)Nc1cccc(C(=O)N2CCN(c3nc4cccnc4s3)CC2)c1. The number of nitrogens with zero attached hydrogens (tertiary/aromatic N) is 6. The van der Waals surface area contributed by atoms with Crippen molar-refractivity contribution in [3.8, 4) is 0 Å². The number of aryl methyl sites for hydroxylation is 1. The van der Waals surface area contributed by atoms with E-state index in [4.69, 9.17) is 0 Å². The molecule has 4 heterocycles. The first-order valence-corrected chi connectivity index (χ1v) is 11.6. The van der Waals surface area contributed by atoms with Crippen molar-refractivity contribution in [2.75, 3.05) is 36.4 Å². The van der Waals surface area contributed by atoms with Gasteiger partial charge in [0.1, 0.15) is 10.3 Å². The second kappa shape index (κ2) is 9.37. The number of anilines is 2. The third-order valence-electron chi connectivity index (χ3n) is 5.54. The molecule has 10 heteroatoms. The van der Waals surface area contributed by atoms with E-state index in [-0.39, 0.29) is 11.8 Å². The highest BCUT2D eigenvalue weighted by Gasteiger charge is 2.24. The first-order chi connectivity index (χ1) is 16.2. The van der Waals surface area contributed by atoms with Gasteiger partial charge >= 0.3 is 0 Å². The molecule has 0 radical (unpaired) electrons. The Kier molecular flexibility index (Phi) is 5.99. The van der Waals surface area contributed by atoms with E-state index in [2.05, 4.69) is 25.2 Å². The van der Waals surface area contributed by atoms with E-state index in [1.165, 1.54) is 0 Å². The van der Waals surface area contributed by atoms with Crippen LogP contribution in [0.5, 0.6) is 0 Å². The summed E-state index contributed by atoms with van der Waals surface area (Å²) in [7, 11) is 0. The van der Waals surface area contributed by atoms with Crippen molar-refractivity contribution in [1.29, 1.82) is 0 Å². The van der Waals surface area contributed by atoms with Crippen LogP contribution >= 0.6 is 11.3 Å². The number of thiazole rings is 1. The van der Waals surface area contributed by atoms with E-state index < -0.39 is 0 Å². The number of hydrogen-bond acceptors (Lipinski definition) is 7. The average Bonchev–Trinajstić information content (AvgIpc) is 3.52. The molecule has 168 valence electrons. The van der Waals surface area contributed by atoms with Crippen LogP contribution in [0.25, 0.3) is 10.3 Å². The van der Waals surface area contributed by atoms with Gasteiger partial charge in [0.15, 0.2) is 5.13 Å². The molecule has 1 aliphatic rings. The van der Waals surface area contributed by atoms with E-state index in [9.17, 15) is 9.59 Å². The lowest BCUT2D eigenvalue weighted by molar-refractivity contribution is -0.116. The highest BCUT2D eigenvalue weighted by molar-refractivity contribution is 7.21. The first kappa shape index (κ1) is 21.1. The standard InChI is InChI=1S/C23H23N7O2S/c31-20(6-9-28-10-8-24-16-28)26-18-4-1-3-17(15-18)22(32)29-11-13-30(14-12-29)23-27-19-5-2-7-25-21(19)33-23/h1-5,7-8,10,15-16H,6,9,11-14H2,(H,26,31). The van der Waals surface area contributed by atoms with Crippen LogP contribution < -0.4 is 10.2 Å². The summed E-state index contributed by atoms with van der Waals surface area (Å²) in [6.07, 6.45) is 7.29. The molecule has 1 N–H and O–H groups in total. The molecule has 33 heavy (non-hydrogen) atoms. The molecule has 2 amide bonds. The van der Waals surface area contributed by atoms with Crippen LogP contribution in [0, 0.1) is 0 Å². The molecule has 1 saturated heterocycles. The number of nitrogens with one attached hydrogen (secondary N) is 1. The highest BCUT2D eigenvalue weighted by atomic mass is 32.1. The van der Waals surface area contributed by atoms with Gasteiger partial charge in [-0.15, -0.1) is 0 Å². The van der Waals surface area contributed by atoms with Crippen molar-refractivity contribution < 1.29 is 9.59 Å². The van der Waals surface area contributed by atoms with Crippen molar-refractivity contribution in [2.45, 2.75) is 13.0 Å². The number of carbonyl (C=O) groups excluding carboxylic acids is 2. The summed E-state index contributed by atoms with van der Waals surface area (Å²) in [5.74, 6) is -0.137. The summed E-state index contributed by atoms with van der Waals surface area (Å²) in [5.41, 5.74) is 2.09. The molecule has 4 aromatic rings. The molecular weight excluding hydrogens is 438 g/mol. The molecule has 0 spiro atoms. The Hall–Kier alpha value is -3.79. The van der Waals surface area contributed by atoms with Gasteiger partial charge < -0.3 is 19.7 Å². The quantitative estimate of drug-likeness (QED) is 0.474. The minimum absolute atomic E-state index is 0.0323. The van der Waals surface area contributed by atoms with Crippen molar-refractivity contribution in [1.82, 2.24) is 24.4 Å². The normalized spacial score (nSPS) is 13.9. The number of aromatic nitrogens is 4. The lowest BCUT2D eigenvalue weighted by atomic mass is 10.1. The molecule has 0 atom stereocenters. The molecule has 9 nitrogen and oxygen atoms in total. The smallest absolute Gasteiger partial charge is 0.254 e. The van der Waals surface area contributed by atoms with E-state index >= 15 is 0 Å². The average molecular weight is 462 g/mol. The Morgan fingerprint density at radius 3 is 2.73 bits per heavy atom. The molecule has 3 aromatic heterocycles. The number of benzene rings is 1. The molecule has 1 aromatic carbocycles. The van der Waals surface area contributed by atoms with Crippen LogP contribution in [-0.2, 0) is 11.3 Å². The number of carbonyl (C=O) groups is 2. The number of imidazole rings is 1. The van der Waals surface area contributed by atoms with Gasteiger partial charge in [0.2, 0.25) is 5.91 Å². The lowest BCUT2D eigenvalue weighted by Gasteiger charge is -2.34. The van der Waals surface area contributed by atoms with E-state index in [0.717, 1.165) is 28.6 Å². The largest absolute Gasteiger partial charge is 0.344 e. The van der Waals surface area contributed by atoms with Gasteiger partial charge in [0, 0.05) is 69.0 Å². The number of pyridine rings is 1. The molecular formula is C23H23N7O2S. The van der Waals surface area contributed by atoms with Crippen molar-refractivity contribution in [3.05, 3.63) is 66.9 Å². The van der Waals surface area contributed by atoms with E-state index in [1.54, 1.807) is 54.3 Å². The number of fused-ring (bicyclic) bond motifs is 1. The zero-order valence-corrected chi connectivity index (χ0v) is 18.7. The summed E-state index contributed by atoms with van der Waals surface area (Å²) < 4.78 is 1.85. The summed E-state index contributed by atoms with van der Waals surface area (Å²) in [5, 5.41) is 3.82. The molecule has 0 unspecified atom stereocenters. The van der Waals surface area contributed by atoms with Crippen molar-refractivity contribution in [2.24, 2.45) is 0 Å². The van der Waals surface area contributed by atoms with Crippen molar-refractivity contribution in [3.63, 3.8) is 0 Å². The van der Waals surface area contributed by atoms with Crippen LogP contribution in [0.3, 0.4) is 0 Å². The van der Waals surface area contributed by atoms with E-state index in [1.807, 2.05) is 27.8 Å². The Balaban J connectivity index is 1.17. The first-order valence-electron chi connectivity index (χ1n) is 10.8. The molecule has 1 fully saturated rings. The predicted molar refractivity (Wildman–Crippen MR) is 127 cm³/mol. The molecule has 1 aliphatic heterocycles. The second-order valence-electron chi connectivity index (χ2n) is 7.78. The van der Waals surface area contributed by atoms with E-state index in [0.29, 0.717) is 37.3 Å². The fraction of sp³-hybridized carbons (Fsp3) is 0.261. The number of hydrogen-bond donors (Lipinski definition) is 1. The van der Waals surface area contributed by atoms with Crippen LogP contribution in [-0.4, -0.2) is 62.4 Å². The summed E-state index contributed by atoms with van der Waals surface area (Å²) in [4.78, 5) is 43.3. The Morgan fingerprint density at radius 1 is 1.06 bits per heavy atom. The Morgan fingerprint density at radius 2 is 1.94 bits per heavy atom. The monoisotopic (exact) mass is 461 g/mol. The summed E-state index contributed by atoms with van der Waals surface area (Å²) >= 11 is 1.58. The van der Waals surface area contributed by atoms with Crippen LogP contribution in [0.15, 0.2) is 61.3 Å². The fourth-order valence-corrected chi connectivity index (χ4v) is 4.74. The van der Waals surface area contributed by atoms with Gasteiger partial charge in [-0.3, -0.25) is 9.59 Å². The zero-order chi connectivity index (χ0) is 22.6. The second-order valence-corrected chi connectivity index (χ2v) is 8.74. The maximum atomic E-state index is 13.1. The fourth-order valence-electron chi connectivity index (χ4n) is 3.78. The Labute approximate surface area is 194 Å². The number of piperazine rings is 1. The molecule has 0 aliphatic carbocycles. The number of rotatable bonds is 6. The molecule has 0 saturated carbocycles. The van der Waals surface area contributed by atoms with Crippen LogP contribution in [0.2, 0.25) is 0 Å². The van der Waals surface area contributed by atoms with Gasteiger partial charge in [0.25, 0.3) is 5.91 Å². The van der Waals surface area contributed by atoms with Gasteiger partial charge in [-0.25, -0.2) is 15.0 Å². The topological polar surface area (TPSA) is 96.2 Å². The Bertz CT molecular complexity index is 1230. The maximum Gasteiger partial charge on any atom is 0.254 e. The lowest BCUT2D eigenvalue weighted by Crippen LogP contribution is -2.48. The molecule has 0 bridgehead atoms. The van der Waals surface area contributed by atoms with Crippen LogP contribution in [0.1, 0.15) is 16.8 Å². The minimum Gasteiger partial charge on any atom is -0.344 e. The highest BCUT2D eigenvalue weighted by Crippen LogP contribution is 2.28. The zero-order valence-electron chi connectivity index (χ0n) is 17.9. The van der Waals surface area contributed by atoms with Crippen LogP contribution in [0.4, 0.5) is 10.8 Å². The maximum absolute atomic E-state index is 13.1. The third-order valence-corrected chi connectivity index (χ3v) is 6.58. The molecule has 5 rings (SSSR count). The number of amides is 2. The summed E-state index contributed by atoms with van der Waals surface area (Å²) in [6, 6.07) is 11.0. The van der Waals surface area contributed by atoms with Crippen molar-refractivity contribution >= 4 is 44.3 Å². The summed E-state index contributed by atoms with van der Waals surface area (Å²) in [6.45, 7) is 3.22.